The lowest BCUT2D eigenvalue weighted by Crippen LogP contribution is -2.05. The number of Topliss-reactive ketones (excluding diaryl/α,β-unsaturated/α-hetero) is 1. The highest BCUT2D eigenvalue weighted by Gasteiger charge is 2.17. The highest BCUT2D eigenvalue weighted by Crippen LogP contribution is 2.28. The molecular weight excluding hydrogens is 308 g/mol. The molecule has 2 aromatic rings. The van der Waals surface area contributed by atoms with E-state index in [0.717, 1.165) is 0 Å². The van der Waals surface area contributed by atoms with Crippen LogP contribution in [-0.4, -0.2) is 21.4 Å². The quantitative estimate of drug-likeness (QED) is 0.691. The van der Waals surface area contributed by atoms with E-state index in [1.165, 1.54) is 35.9 Å². The fourth-order valence-electron chi connectivity index (χ4n) is 1.71. The number of carbonyl (C=O) groups excluding carboxylic acids is 1. The van der Waals surface area contributed by atoms with Crippen LogP contribution < -0.4 is 0 Å². The fourth-order valence-corrected chi connectivity index (χ4v) is 2.19. The van der Waals surface area contributed by atoms with E-state index in [1.54, 1.807) is 0 Å². The van der Waals surface area contributed by atoms with Crippen molar-refractivity contribution in [2.24, 2.45) is 0 Å². The SMILES string of the molecule is CC(=O)c1cc(C(=O)O)n(-c2cc(Cl)c(F)c(Cl)c2)c1. The zero-order valence-electron chi connectivity index (χ0n) is 10.2. The summed E-state index contributed by atoms with van der Waals surface area (Å²) in [7, 11) is 0. The molecule has 1 N–H and O–H groups in total. The summed E-state index contributed by atoms with van der Waals surface area (Å²) in [5, 5.41) is 8.67. The number of carbonyl (C=O) groups is 2. The minimum Gasteiger partial charge on any atom is -0.477 e. The molecule has 0 spiro atoms. The van der Waals surface area contributed by atoms with E-state index in [9.17, 15) is 14.0 Å². The zero-order valence-corrected chi connectivity index (χ0v) is 11.7. The van der Waals surface area contributed by atoms with Gasteiger partial charge in [0.25, 0.3) is 0 Å². The summed E-state index contributed by atoms with van der Waals surface area (Å²) in [6.45, 7) is 1.32. The number of carboxylic acid groups (broad SMARTS) is 1. The molecule has 0 aliphatic rings. The summed E-state index contributed by atoms with van der Waals surface area (Å²) in [5.41, 5.74) is 0.333. The Morgan fingerprint density at radius 2 is 1.75 bits per heavy atom. The lowest BCUT2D eigenvalue weighted by molar-refractivity contribution is 0.0688. The minimum atomic E-state index is -1.23. The average molecular weight is 316 g/mol. The smallest absolute Gasteiger partial charge is 0.352 e. The molecule has 104 valence electrons. The molecule has 0 radical (unpaired) electrons. The van der Waals surface area contributed by atoms with E-state index in [2.05, 4.69) is 0 Å². The first kappa shape index (κ1) is 14.6. The Morgan fingerprint density at radius 3 is 2.20 bits per heavy atom. The number of benzene rings is 1. The van der Waals surface area contributed by atoms with Crippen LogP contribution in [0.2, 0.25) is 10.0 Å². The first-order valence-electron chi connectivity index (χ1n) is 5.42. The van der Waals surface area contributed by atoms with Gasteiger partial charge in [0.2, 0.25) is 0 Å². The third-order valence-electron chi connectivity index (χ3n) is 2.69. The maximum Gasteiger partial charge on any atom is 0.352 e. The number of nitrogens with zero attached hydrogens (tertiary/aromatic N) is 1. The van der Waals surface area contributed by atoms with Crippen LogP contribution in [0.1, 0.15) is 27.8 Å². The largest absolute Gasteiger partial charge is 0.477 e. The predicted molar refractivity (Wildman–Crippen MR) is 72.7 cm³/mol. The monoisotopic (exact) mass is 315 g/mol. The summed E-state index contributed by atoms with van der Waals surface area (Å²) in [6.07, 6.45) is 1.34. The second kappa shape index (κ2) is 5.26. The Morgan fingerprint density at radius 1 is 1.20 bits per heavy atom. The van der Waals surface area contributed by atoms with Crippen molar-refractivity contribution in [3.05, 3.63) is 51.5 Å². The number of hydrogen-bond donors (Lipinski definition) is 1. The van der Waals surface area contributed by atoms with Crippen molar-refractivity contribution in [3.8, 4) is 5.69 Å². The molecule has 7 heteroatoms. The van der Waals surface area contributed by atoms with Gasteiger partial charge in [-0.05, 0) is 25.1 Å². The van der Waals surface area contributed by atoms with E-state index < -0.39 is 11.8 Å². The Bertz CT molecular complexity index is 701. The van der Waals surface area contributed by atoms with Gasteiger partial charge in [0.1, 0.15) is 5.69 Å². The van der Waals surface area contributed by atoms with Crippen molar-refractivity contribution >= 4 is 35.0 Å². The third kappa shape index (κ3) is 2.55. The van der Waals surface area contributed by atoms with Gasteiger partial charge in [0.15, 0.2) is 11.6 Å². The van der Waals surface area contributed by atoms with Crippen LogP contribution in [0.15, 0.2) is 24.4 Å². The molecule has 0 atom stereocenters. The van der Waals surface area contributed by atoms with Crippen molar-refractivity contribution in [2.75, 3.05) is 0 Å². The van der Waals surface area contributed by atoms with Crippen LogP contribution in [0.4, 0.5) is 4.39 Å². The molecule has 4 nitrogen and oxygen atoms in total. The Balaban J connectivity index is 2.68. The van der Waals surface area contributed by atoms with E-state index >= 15 is 0 Å². The molecule has 0 aliphatic carbocycles. The minimum absolute atomic E-state index is 0.144. The predicted octanol–water partition coefficient (Wildman–Crippen LogP) is 3.82. The van der Waals surface area contributed by atoms with Crippen LogP contribution in [-0.2, 0) is 0 Å². The second-order valence-corrected chi connectivity index (χ2v) is 4.88. The normalized spacial score (nSPS) is 10.6. The van der Waals surface area contributed by atoms with Gasteiger partial charge in [0.05, 0.1) is 10.0 Å². The average Bonchev–Trinajstić information content (AvgIpc) is 2.80. The Hall–Kier alpha value is -1.85. The summed E-state index contributed by atoms with van der Waals surface area (Å²) < 4.78 is 14.6. The number of halogens is 3. The van der Waals surface area contributed by atoms with Crippen LogP contribution in [0, 0.1) is 5.82 Å². The summed E-state index contributed by atoms with van der Waals surface area (Å²) in [4.78, 5) is 22.5. The van der Waals surface area contributed by atoms with Gasteiger partial charge in [-0.25, -0.2) is 9.18 Å². The van der Waals surface area contributed by atoms with Gasteiger partial charge in [-0.3, -0.25) is 4.79 Å². The molecule has 0 amide bonds. The topological polar surface area (TPSA) is 59.3 Å². The van der Waals surface area contributed by atoms with Gasteiger partial charge in [-0.2, -0.15) is 0 Å². The summed E-state index contributed by atoms with van der Waals surface area (Å²) in [5.74, 6) is -2.30. The highest BCUT2D eigenvalue weighted by molar-refractivity contribution is 6.35. The fraction of sp³-hybridized carbons (Fsp3) is 0.0769. The van der Waals surface area contributed by atoms with Crippen LogP contribution in [0.5, 0.6) is 0 Å². The molecule has 0 saturated heterocycles. The molecule has 2 rings (SSSR count). The molecule has 0 unspecified atom stereocenters. The van der Waals surface area contributed by atoms with Gasteiger partial charge in [0, 0.05) is 17.4 Å². The zero-order chi connectivity index (χ0) is 15.0. The lowest BCUT2D eigenvalue weighted by Gasteiger charge is -2.08. The molecule has 0 fully saturated rings. The van der Waals surface area contributed by atoms with E-state index in [-0.39, 0.29) is 32.8 Å². The molecule has 20 heavy (non-hydrogen) atoms. The van der Waals surface area contributed by atoms with Crippen molar-refractivity contribution in [3.63, 3.8) is 0 Å². The summed E-state index contributed by atoms with van der Waals surface area (Å²) in [6, 6.07) is 3.70. The molecular formula is C13H8Cl2FNO3. The molecule has 0 aliphatic heterocycles. The van der Waals surface area contributed by atoms with E-state index in [4.69, 9.17) is 28.3 Å². The van der Waals surface area contributed by atoms with Crippen molar-refractivity contribution in [1.29, 1.82) is 0 Å². The second-order valence-electron chi connectivity index (χ2n) is 4.07. The maximum absolute atomic E-state index is 13.4. The molecule has 1 heterocycles. The molecule has 1 aromatic carbocycles. The standard InChI is InChI=1S/C13H8Cl2FNO3/c1-6(18)7-2-11(13(19)20)17(5-7)8-3-9(14)12(16)10(15)4-8/h2-5H,1H3,(H,19,20). The van der Waals surface area contributed by atoms with Gasteiger partial charge >= 0.3 is 5.97 Å². The van der Waals surface area contributed by atoms with Crippen LogP contribution in [0.25, 0.3) is 5.69 Å². The molecule has 1 aromatic heterocycles. The van der Waals surface area contributed by atoms with Crippen LogP contribution in [0.3, 0.4) is 0 Å². The summed E-state index contributed by atoms with van der Waals surface area (Å²) >= 11 is 11.4. The molecule has 0 saturated carbocycles. The van der Waals surface area contributed by atoms with Crippen LogP contribution >= 0.6 is 23.2 Å². The number of aromatic carboxylic acids is 1. The Labute approximate surface area is 123 Å². The van der Waals surface area contributed by atoms with Crippen molar-refractivity contribution in [1.82, 2.24) is 4.57 Å². The van der Waals surface area contributed by atoms with Gasteiger partial charge in [-0.1, -0.05) is 23.2 Å². The first-order chi connectivity index (χ1) is 9.31. The Kier molecular flexibility index (Phi) is 3.83. The number of carboxylic acids is 1. The third-order valence-corrected chi connectivity index (χ3v) is 3.24. The number of aromatic nitrogens is 1. The molecule has 0 bridgehead atoms. The van der Waals surface area contributed by atoms with Crippen molar-refractivity contribution in [2.45, 2.75) is 6.92 Å². The number of ketones is 1. The van der Waals surface area contributed by atoms with Gasteiger partial charge < -0.3 is 9.67 Å². The number of rotatable bonds is 3. The first-order valence-corrected chi connectivity index (χ1v) is 6.18. The maximum atomic E-state index is 13.4. The van der Waals surface area contributed by atoms with E-state index in [1.807, 2.05) is 0 Å². The van der Waals surface area contributed by atoms with Crippen molar-refractivity contribution < 1.29 is 19.1 Å². The number of hydrogen-bond acceptors (Lipinski definition) is 2. The lowest BCUT2D eigenvalue weighted by atomic mass is 10.2. The highest BCUT2D eigenvalue weighted by atomic mass is 35.5. The van der Waals surface area contributed by atoms with E-state index in [0.29, 0.717) is 0 Å². The van der Waals surface area contributed by atoms with Gasteiger partial charge in [-0.15, -0.1) is 0 Å².